The lowest BCUT2D eigenvalue weighted by Crippen LogP contribution is -2.63. The van der Waals surface area contributed by atoms with Crippen molar-refractivity contribution in [2.75, 3.05) is 6.54 Å². The Labute approximate surface area is 191 Å². The summed E-state index contributed by atoms with van der Waals surface area (Å²) in [6.07, 6.45) is -8.70. The minimum absolute atomic E-state index is 0.387. The molecule has 1 unspecified atom stereocenters. The molecule has 0 aliphatic heterocycles. The molecule has 0 aliphatic carbocycles. The van der Waals surface area contributed by atoms with E-state index in [0.717, 1.165) is 23.3 Å². The Hall–Kier alpha value is -2.00. The van der Waals surface area contributed by atoms with Gasteiger partial charge in [-0.1, -0.05) is 6.92 Å². The standard InChI is InChI=1S/C11H10F11N2.C3H5F3NO2S.F2/c1-23-2-3-24(5-23)4-6(10(18,19)20)8(14,15)11(21,22)9(16,17)7(12)13;1-2-7-10(8,9)3(4,5)6;1-2/h2-3,5-7H,4H2,1H3;2H2,1H3;/q+1;-1;. The second kappa shape index (κ2) is 12.5. The van der Waals surface area contributed by atoms with Gasteiger partial charge in [0.2, 0.25) is 6.33 Å². The normalized spacial score (nSPS) is 14.5. The third-order valence-electron chi connectivity index (χ3n) is 3.75. The van der Waals surface area contributed by atoms with E-state index in [1.54, 1.807) is 0 Å². The summed E-state index contributed by atoms with van der Waals surface area (Å²) in [6, 6.07) is 0. The van der Waals surface area contributed by atoms with Crippen LogP contribution in [0.1, 0.15) is 6.92 Å². The maximum Gasteiger partial charge on any atom is 0.480 e. The van der Waals surface area contributed by atoms with Crippen LogP contribution in [0.3, 0.4) is 0 Å². The van der Waals surface area contributed by atoms with E-state index in [1.807, 2.05) is 0 Å². The average Bonchev–Trinajstić information content (AvgIpc) is 3.11. The van der Waals surface area contributed by atoms with Crippen LogP contribution in [0.15, 0.2) is 18.7 Å². The van der Waals surface area contributed by atoms with E-state index in [1.165, 1.54) is 14.0 Å². The highest BCUT2D eigenvalue weighted by Gasteiger charge is 2.80. The van der Waals surface area contributed by atoms with Gasteiger partial charge in [0.05, 0.1) is 7.05 Å². The van der Waals surface area contributed by atoms with Crippen LogP contribution in [0.5, 0.6) is 0 Å². The molecule has 0 saturated carbocycles. The van der Waals surface area contributed by atoms with Crippen LogP contribution >= 0.6 is 0 Å². The Morgan fingerprint density at radius 3 is 1.58 bits per heavy atom. The van der Waals surface area contributed by atoms with E-state index >= 15 is 0 Å². The molecule has 0 fully saturated rings. The molecule has 0 aromatic carbocycles. The van der Waals surface area contributed by atoms with E-state index in [9.17, 15) is 69.9 Å². The van der Waals surface area contributed by atoms with E-state index in [-0.39, 0.29) is 6.54 Å². The predicted octanol–water partition coefficient (Wildman–Crippen LogP) is 5.73. The van der Waals surface area contributed by atoms with Gasteiger partial charge in [0.15, 0.2) is 15.9 Å². The van der Waals surface area contributed by atoms with E-state index in [0.29, 0.717) is 4.57 Å². The molecule has 1 atom stereocenters. The van der Waals surface area contributed by atoms with Crippen molar-refractivity contribution in [1.29, 1.82) is 0 Å². The van der Waals surface area contributed by atoms with Crippen molar-refractivity contribution in [1.82, 2.24) is 4.57 Å². The van der Waals surface area contributed by atoms with Crippen molar-refractivity contribution in [2.45, 2.75) is 49.3 Å². The maximum absolute atomic E-state index is 13.6. The highest BCUT2D eigenvalue weighted by molar-refractivity contribution is 7.94. The molecule has 0 spiro atoms. The van der Waals surface area contributed by atoms with Gasteiger partial charge in [-0.15, -0.1) is 6.54 Å². The average molecular weight is 593 g/mol. The second-order valence-corrected chi connectivity index (χ2v) is 8.03. The summed E-state index contributed by atoms with van der Waals surface area (Å²) in [6.45, 7) is -1.04. The number of hydrogen-bond acceptors (Lipinski definition) is 2. The predicted molar refractivity (Wildman–Crippen MR) is 87.1 cm³/mol. The number of rotatable bonds is 8. The molecule has 0 aliphatic rings. The summed E-state index contributed by atoms with van der Waals surface area (Å²) in [5, 5.41) is 0. The summed E-state index contributed by atoms with van der Waals surface area (Å²) in [5.41, 5.74) is -5.25. The molecular formula is C14H15F16N3O2S. The van der Waals surface area contributed by atoms with Gasteiger partial charge in [-0.3, -0.25) is 0 Å². The molecule has 0 bridgehead atoms. The van der Waals surface area contributed by atoms with Gasteiger partial charge in [-0.2, -0.15) is 52.7 Å². The van der Waals surface area contributed by atoms with Crippen molar-refractivity contribution in [3.05, 3.63) is 23.4 Å². The lowest BCUT2D eigenvalue weighted by molar-refractivity contribution is -0.671. The third-order valence-corrected chi connectivity index (χ3v) is 4.94. The molecule has 1 aromatic heterocycles. The number of sulfonamides is 1. The molecule has 0 N–H and O–H groups in total. The SMILES string of the molecule is CC[N-]S(=O)(=O)C(F)(F)F.C[n+]1ccn(CC(C(F)(F)F)C(F)(F)C(F)(F)C(F)(F)C(F)F)c1.FF. The zero-order valence-electron chi connectivity index (χ0n) is 17.4. The Kier molecular flexibility index (Phi) is 12.6. The molecule has 216 valence electrons. The minimum Gasteiger partial charge on any atom is -0.541 e. The molecule has 0 radical (unpaired) electrons. The summed E-state index contributed by atoms with van der Waals surface area (Å²) < 4.78 is 215. The van der Waals surface area contributed by atoms with E-state index < -0.39 is 58.4 Å². The van der Waals surface area contributed by atoms with Gasteiger partial charge in [-0.05, 0) is 0 Å². The van der Waals surface area contributed by atoms with Crippen LogP contribution in [0.4, 0.5) is 70.6 Å². The fourth-order valence-corrected chi connectivity index (χ4v) is 2.55. The van der Waals surface area contributed by atoms with Gasteiger partial charge in [0.1, 0.15) is 18.9 Å². The van der Waals surface area contributed by atoms with Crippen molar-refractivity contribution >= 4 is 10.0 Å². The monoisotopic (exact) mass is 593 g/mol. The highest BCUT2D eigenvalue weighted by atomic mass is 32.2. The van der Waals surface area contributed by atoms with Gasteiger partial charge in [0, 0.05) is 9.15 Å². The first-order valence-electron chi connectivity index (χ1n) is 8.49. The molecule has 1 heterocycles. The quantitative estimate of drug-likeness (QED) is 0.286. The summed E-state index contributed by atoms with van der Waals surface area (Å²) >= 11 is 0. The van der Waals surface area contributed by atoms with Crippen molar-refractivity contribution in [3.63, 3.8) is 0 Å². The van der Waals surface area contributed by atoms with Gasteiger partial charge >= 0.3 is 35.9 Å². The molecular weight excluding hydrogens is 578 g/mol. The summed E-state index contributed by atoms with van der Waals surface area (Å²) in [4.78, 5) is 0. The lowest BCUT2D eigenvalue weighted by atomic mass is 9.91. The number of halogens is 16. The first kappa shape index (κ1) is 36.2. The summed E-state index contributed by atoms with van der Waals surface area (Å²) in [5.74, 6) is -24.4. The molecule has 0 amide bonds. The van der Waals surface area contributed by atoms with Gasteiger partial charge < -0.3 is 4.72 Å². The van der Waals surface area contributed by atoms with Gasteiger partial charge in [0.25, 0.3) is 0 Å². The van der Waals surface area contributed by atoms with Crippen molar-refractivity contribution in [3.8, 4) is 0 Å². The van der Waals surface area contributed by atoms with E-state index in [2.05, 4.69) is 4.72 Å². The van der Waals surface area contributed by atoms with Crippen LogP contribution in [-0.2, 0) is 23.6 Å². The number of aryl methyl sites for hydroxylation is 1. The number of nitrogens with zero attached hydrogens (tertiary/aromatic N) is 3. The van der Waals surface area contributed by atoms with Crippen LogP contribution < -0.4 is 4.57 Å². The largest absolute Gasteiger partial charge is 0.541 e. The zero-order chi connectivity index (χ0) is 29.6. The Morgan fingerprint density at radius 1 is 0.889 bits per heavy atom. The van der Waals surface area contributed by atoms with E-state index in [4.69, 9.17) is 9.15 Å². The fraction of sp³-hybridized carbons (Fsp3) is 0.786. The van der Waals surface area contributed by atoms with Crippen LogP contribution in [0.2, 0.25) is 0 Å². The fourth-order valence-electron chi connectivity index (χ4n) is 2.07. The van der Waals surface area contributed by atoms with Crippen molar-refractivity contribution in [2.24, 2.45) is 13.0 Å². The summed E-state index contributed by atoms with van der Waals surface area (Å²) in [7, 11) is -3.96. The maximum atomic E-state index is 13.6. The number of hydrogen-bond donors (Lipinski definition) is 0. The van der Waals surface area contributed by atoms with Crippen LogP contribution in [0, 0.1) is 5.92 Å². The van der Waals surface area contributed by atoms with Gasteiger partial charge in [-0.25, -0.2) is 26.3 Å². The first-order valence-corrected chi connectivity index (χ1v) is 9.93. The topological polar surface area (TPSA) is 57.1 Å². The zero-order valence-corrected chi connectivity index (χ0v) is 18.2. The lowest BCUT2D eigenvalue weighted by Gasteiger charge is -2.36. The Balaban J connectivity index is 0. The van der Waals surface area contributed by atoms with Crippen LogP contribution in [0.25, 0.3) is 4.72 Å². The van der Waals surface area contributed by atoms with Crippen LogP contribution in [-0.4, -0.2) is 55.4 Å². The number of aromatic nitrogens is 2. The number of alkyl halides is 14. The smallest absolute Gasteiger partial charge is 0.480 e. The minimum atomic E-state index is -6.93. The number of imidazole rings is 1. The second-order valence-electron chi connectivity index (χ2n) is 6.36. The Morgan fingerprint density at radius 2 is 1.33 bits per heavy atom. The molecule has 1 aromatic rings. The molecule has 0 saturated heterocycles. The molecule has 36 heavy (non-hydrogen) atoms. The van der Waals surface area contributed by atoms with Crippen molar-refractivity contribution < 1.29 is 83.6 Å². The highest BCUT2D eigenvalue weighted by Crippen LogP contribution is 2.54. The molecule has 22 heteroatoms. The molecule has 5 nitrogen and oxygen atoms in total. The third kappa shape index (κ3) is 8.54. The molecule has 1 rings (SSSR count). The first-order chi connectivity index (χ1) is 15.9. The Bertz CT molecular complexity index is 895.